The van der Waals surface area contributed by atoms with E-state index in [1.807, 2.05) is 42.5 Å². The summed E-state index contributed by atoms with van der Waals surface area (Å²) >= 11 is 12.1. The van der Waals surface area contributed by atoms with Crippen LogP contribution in [0.5, 0.6) is 5.75 Å². The second-order valence-electron chi connectivity index (χ2n) is 6.30. The summed E-state index contributed by atoms with van der Waals surface area (Å²) in [7, 11) is 0. The van der Waals surface area contributed by atoms with Gasteiger partial charge in [-0.25, -0.2) is 0 Å². The molecular weight excluding hydrogens is 371 g/mol. The van der Waals surface area contributed by atoms with Crippen LogP contribution >= 0.6 is 23.2 Å². The van der Waals surface area contributed by atoms with E-state index in [0.717, 1.165) is 67.8 Å². The fourth-order valence-corrected chi connectivity index (χ4v) is 3.17. The van der Waals surface area contributed by atoms with Gasteiger partial charge in [0.1, 0.15) is 12.4 Å². The molecular formula is C20H24Cl2N2O2. The van der Waals surface area contributed by atoms with Gasteiger partial charge < -0.3 is 14.8 Å². The first kappa shape index (κ1) is 19.5. The van der Waals surface area contributed by atoms with Gasteiger partial charge in [-0.15, -0.1) is 0 Å². The molecule has 2 aromatic carbocycles. The van der Waals surface area contributed by atoms with Gasteiger partial charge in [-0.3, -0.25) is 4.90 Å². The van der Waals surface area contributed by atoms with Crippen LogP contribution in [-0.2, 0) is 17.9 Å². The van der Waals surface area contributed by atoms with Crippen molar-refractivity contribution in [1.29, 1.82) is 0 Å². The van der Waals surface area contributed by atoms with E-state index >= 15 is 0 Å². The normalized spacial score (nSPS) is 15.2. The molecule has 0 atom stereocenters. The van der Waals surface area contributed by atoms with Crippen LogP contribution < -0.4 is 10.1 Å². The molecule has 140 valence electrons. The Morgan fingerprint density at radius 1 is 1.00 bits per heavy atom. The van der Waals surface area contributed by atoms with Gasteiger partial charge >= 0.3 is 0 Å². The second-order valence-corrected chi connectivity index (χ2v) is 7.17. The van der Waals surface area contributed by atoms with E-state index in [9.17, 15) is 0 Å². The lowest BCUT2D eigenvalue weighted by molar-refractivity contribution is 0.0384. The molecule has 1 saturated heterocycles. The average molecular weight is 395 g/mol. The Kier molecular flexibility index (Phi) is 7.59. The zero-order chi connectivity index (χ0) is 18.2. The quantitative estimate of drug-likeness (QED) is 0.686. The van der Waals surface area contributed by atoms with Crippen molar-refractivity contribution in [3.05, 3.63) is 63.6 Å². The van der Waals surface area contributed by atoms with Crippen molar-refractivity contribution < 1.29 is 9.47 Å². The Hall–Kier alpha value is -1.30. The molecule has 1 aliphatic rings. The number of nitrogens with one attached hydrogen (secondary N) is 1. The average Bonchev–Trinajstić information content (AvgIpc) is 2.67. The van der Waals surface area contributed by atoms with Crippen molar-refractivity contribution in [1.82, 2.24) is 10.2 Å². The predicted molar refractivity (Wildman–Crippen MR) is 106 cm³/mol. The minimum Gasteiger partial charge on any atom is -0.489 e. The van der Waals surface area contributed by atoms with Crippen LogP contribution in [0.25, 0.3) is 0 Å². The molecule has 26 heavy (non-hydrogen) atoms. The lowest BCUT2D eigenvalue weighted by atomic mass is 10.2. The van der Waals surface area contributed by atoms with Gasteiger partial charge in [-0.05, 0) is 35.9 Å². The molecule has 0 aromatic heterocycles. The van der Waals surface area contributed by atoms with Crippen molar-refractivity contribution in [3.63, 3.8) is 0 Å². The molecule has 4 nitrogen and oxygen atoms in total. The third-order valence-electron chi connectivity index (χ3n) is 4.35. The summed E-state index contributed by atoms with van der Waals surface area (Å²) in [6.07, 6.45) is 0. The fraction of sp³-hybridized carbons (Fsp3) is 0.400. The van der Waals surface area contributed by atoms with Gasteiger partial charge in [0.2, 0.25) is 0 Å². The molecule has 0 saturated carbocycles. The van der Waals surface area contributed by atoms with E-state index in [1.54, 1.807) is 0 Å². The highest BCUT2D eigenvalue weighted by molar-refractivity contribution is 6.30. The van der Waals surface area contributed by atoms with E-state index in [2.05, 4.69) is 10.2 Å². The van der Waals surface area contributed by atoms with Gasteiger partial charge in [-0.2, -0.15) is 0 Å². The molecule has 0 amide bonds. The molecule has 6 heteroatoms. The third-order valence-corrected chi connectivity index (χ3v) is 4.84. The lowest BCUT2D eigenvalue weighted by Gasteiger charge is -2.26. The highest BCUT2D eigenvalue weighted by Crippen LogP contribution is 2.24. The number of morpholine rings is 1. The molecule has 3 rings (SSSR count). The van der Waals surface area contributed by atoms with Crippen molar-refractivity contribution in [2.24, 2.45) is 0 Å². The minimum absolute atomic E-state index is 0.500. The maximum Gasteiger partial charge on any atom is 0.124 e. The highest BCUT2D eigenvalue weighted by atomic mass is 35.5. The van der Waals surface area contributed by atoms with Crippen molar-refractivity contribution in [3.8, 4) is 5.75 Å². The molecule has 0 spiro atoms. The first-order valence-corrected chi connectivity index (χ1v) is 9.63. The van der Waals surface area contributed by atoms with Gasteiger partial charge in [0.25, 0.3) is 0 Å². The number of halogens is 2. The summed E-state index contributed by atoms with van der Waals surface area (Å²) in [6, 6.07) is 13.4. The Morgan fingerprint density at radius 3 is 2.50 bits per heavy atom. The first-order valence-electron chi connectivity index (χ1n) is 8.87. The largest absolute Gasteiger partial charge is 0.489 e. The fourth-order valence-electron chi connectivity index (χ4n) is 2.85. The summed E-state index contributed by atoms with van der Waals surface area (Å²) in [4.78, 5) is 2.41. The SMILES string of the molecule is Clc1ccc(COc2ccc(Cl)cc2CNCCN2CCOCC2)cc1. The number of benzene rings is 2. The Labute approximate surface area is 165 Å². The molecule has 1 N–H and O–H groups in total. The number of ether oxygens (including phenoxy) is 2. The minimum atomic E-state index is 0.500. The number of hydrogen-bond donors (Lipinski definition) is 1. The standard InChI is InChI=1S/C20H24Cl2N2O2/c21-18-3-1-16(2-4-18)15-26-20-6-5-19(22)13-17(20)14-23-7-8-24-9-11-25-12-10-24/h1-6,13,23H,7-12,14-15H2. The molecule has 0 unspecified atom stereocenters. The predicted octanol–water partition coefficient (Wildman–Crippen LogP) is 3.99. The van der Waals surface area contributed by atoms with Gasteiger partial charge in [0, 0.05) is 48.3 Å². The van der Waals surface area contributed by atoms with Crippen LogP contribution in [0.4, 0.5) is 0 Å². The number of rotatable bonds is 8. The Bertz CT molecular complexity index is 689. The summed E-state index contributed by atoms with van der Waals surface area (Å²) in [5, 5.41) is 4.93. The van der Waals surface area contributed by atoms with E-state index in [-0.39, 0.29) is 0 Å². The monoisotopic (exact) mass is 394 g/mol. The number of hydrogen-bond acceptors (Lipinski definition) is 4. The third kappa shape index (κ3) is 6.15. The van der Waals surface area contributed by atoms with Gasteiger partial charge in [0.15, 0.2) is 0 Å². The molecule has 2 aromatic rings. The molecule has 0 radical (unpaired) electrons. The highest BCUT2D eigenvalue weighted by Gasteiger charge is 2.10. The topological polar surface area (TPSA) is 33.7 Å². The van der Waals surface area contributed by atoms with E-state index in [1.165, 1.54) is 0 Å². The summed E-state index contributed by atoms with van der Waals surface area (Å²) in [5.41, 5.74) is 2.14. The summed E-state index contributed by atoms with van der Waals surface area (Å²) in [6.45, 7) is 6.84. The van der Waals surface area contributed by atoms with E-state index in [4.69, 9.17) is 32.7 Å². The molecule has 0 aliphatic carbocycles. The zero-order valence-electron chi connectivity index (χ0n) is 14.7. The molecule has 1 fully saturated rings. The van der Waals surface area contributed by atoms with Crippen LogP contribution in [0.2, 0.25) is 10.0 Å². The smallest absolute Gasteiger partial charge is 0.124 e. The van der Waals surface area contributed by atoms with Crippen molar-refractivity contribution in [2.75, 3.05) is 39.4 Å². The van der Waals surface area contributed by atoms with Gasteiger partial charge in [-0.1, -0.05) is 35.3 Å². The Balaban J connectivity index is 1.50. The number of nitrogens with zero attached hydrogens (tertiary/aromatic N) is 1. The maximum atomic E-state index is 6.17. The van der Waals surface area contributed by atoms with Crippen molar-refractivity contribution >= 4 is 23.2 Å². The van der Waals surface area contributed by atoms with Crippen molar-refractivity contribution in [2.45, 2.75) is 13.2 Å². The van der Waals surface area contributed by atoms with Gasteiger partial charge in [0.05, 0.1) is 13.2 Å². The summed E-state index contributed by atoms with van der Waals surface area (Å²) in [5.74, 6) is 0.850. The van der Waals surface area contributed by atoms with Crippen LogP contribution in [0.15, 0.2) is 42.5 Å². The molecule has 1 heterocycles. The first-order chi connectivity index (χ1) is 12.7. The zero-order valence-corrected chi connectivity index (χ0v) is 16.2. The van der Waals surface area contributed by atoms with E-state index < -0.39 is 0 Å². The Morgan fingerprint density at radius 2 is 1.73 bits per heavy atom. The lowest BCUT2D eigenvalue weighted by Crippen LogP contribution is -2.40. The summed E-state index contributed by atoms with van der Waals surface area (Å²) < 4.78 is 11.4. The second kappa shape index (κ2) is 10.1. The van der Waals surface area contributed by atoms with Crippen LogP contribution in [0.3, 0.4) is 0 Å². The van der Waals surface area contributed by atoms with Crippen LogP contribution in [-0.4, -0.2) is 44.3 Å². The van der Waals surface area contributed by atoms with E-state index in [0.29, 0.717) is 11.6 Å². The van der Waals surface area contributed by atoms with Crippen LogP contribution in [0, 0.1) is 0 Å². The molecule has 1 aliphatic heterocycles. The maximum absolute atomic E-state index is 6.17. The molecule has 0 bridgehead atoms. The van der Waals surface area contributed by atoms with Crippen LogP contribution in [0.1, 0.15) is 11.1 Å².